The molecule has 1 saturated carbocycles. The third-order valence-corrected chi connectivity index (χ3v) is 7.73. The monoisotopic (exact) mass is 506 g/mol. The lowest BCUT2D eigenvalue weighted by Gasteiger charge is -2.30. The lowest BCUT2D eigenvalue weighted by Crippen LogP contribution is -2.50. The molecule has 0 spiro atoms. The van der Waals surface area contributed by atoms with Crippen LogP contribution in [0.3, 0.4) is 0 Å². The van der Waals surface area contributed by atoms with Crippen molar-refractivity contribution in [3.8, 4) is 0 Å². The second-order valence-electron chi connectivity index (χ2n) is 8.88. The zero-order valence-electron chi connectivity index (χ0n) is 19.5. The van der Waals surface area contributed by atoms with Crippen molar-refractivity contribution >= 4 is 46.8 Å². The molecule has 0 radical (unpaired) electrons. The lowest BCUT2D eigenvalue weighted by molar-refractivity contribution is -0.138. The number of benzene rings is 2. The number of aryl methyl sites for hydroxylation is 2. The summed E-state index contributed by atoms with van der Waals surface area (Å²) in [6.45, 7) is 6.13. The highest BCUT2D eigenvalue weighted by Gasteiger charge is 2.29. The van der Waals surface area contributed by atoms with Crippen LogP contribution in [-0.2, 0) is 21.9 Å². The van der Waals surface area contributed by atoms with E-state index in [-0.39, 0.29) is 30.2 Å². The number of carbonyl (C=O) groups is 2. The number of nitrogens with zero attached hydrogens (tertiary/aromatic N) is 1. The molecule has 0 unspecified atom stereocenters. The van der Waals surface area contributed by atoms with Gasteiger partial charge in [0.25, 0.3) is 0 Å². The number of thioether (sulfide) groups is 1. The molecule has 33 heavy (non-hydrogen) atoms. The molecule has 1 fully saturated rings. The van der Waals surface area contributed by atoms with Crippen LogP contribution in [0.4, 0.5) is 0 Å². The van der Waals surface area contributed by atoms with Gasteiger partial charge < -0.3 is 10.2 Å². The van der Waals surface area contributed by atoms with Gasteiger partial charge in [0.2, 0.25) is 11.8 Å². The molecule has 2 aromatic carbocycles. The normalized spacial score (nSPS) is 14.8. The van der Waals surface area contributed by atoms with E-state index >= 15 is 0 Å². The van der Waals surface area contributed by atoms with E-state index in [1.807, 2.05) is 0 Å². The summed E-state index contributed by atoms with van der Waals surface area (Å²) in [5, 5.41) is 4.10. The molecule has 1 aliphatic rings. The maximum absolute atomic E-state index is 13.3. The van der Waals surface area contributed by atoms with Crippen LogP contribution in [0.25, 0.3) is 0 Å². The van der Waals surface area contributed by atoms with Gasteiger partial charge in [0, 0.05) is 33.9 Å². The molecule has 3 rings (SSSR count). The molecule has 0 saturated heterocycles. The minimum atomic E-state index is -0.618. The van der Waals surface area contributed by atoms with E-state index in [9.17, 15) is 9.59 Å². The first-order chi connectivity index (χ1) is 15.7. The topological polar surface area (TPSA) is 49.4 Å². The molecular formula is C26H32Cl2N2O2S. The average Bonchev–Trinajstić information content (AvgIpc) is 3.25. The highest BCUT2D eigenvalue weighted by molar-refractivity contribution is 7.99. The molecule has 4 nitrogen and oxygen atoms in total. The van der Waals surface area contributed by atoms with Gasteiger partial charge in [-0.1, -0.05) is 71.4 Å². The van der Waals surface area contributed by atoms with Gasteiger partial charge in [-0.15, -0.1) is 11.8 Å². The third-order valence-electron chi connectivity index (χ3n) is 6.03. The van der Waals surface area contributed by atoms with E-state index in [1.54, 1.807) is 41.8 Å². The van der Waals surface area contributed by atoms with Gasteiger partial charge in [0.15, 0.2) is 0 Å². The summed E-state index contributed by atoms with van der Waals surface area (Å²) in [7, 11) is 0. The van der Waals surface area contributed by atoms with Crippen LogP contribution in [0, 0.1) is 13.8 Å². The Kier molecular flexibility index (Phi) is 9.54. The van der Waals surface area contributed by atoms with Crippen molar-refractivity contribution in [3.63, 3.8) is 0 Å². The van der Waals surface area contributed by atoms with Crippen molar-refractivity contribution in [1.82, 2.24) is 10.2 Å². The zero-order chi connectivity index (χ0) is 24.0. The van der Waals surface area contributed by atoms with Crippen LogP contribution in [0.1, 0.15) is 54.9 Å². The molecule has 1 N–H and O–H groups in total. The Morgan fingerprint density at radius 2 is 1.70 bits per heavy atom. The lowest BCUT2D eigenvalue weighted by atomic mass is 10.1. The quantitative estimate of drug-likeness (QED) is 0.432. The molecule has 0 aliphatic heterocycles. The van der Waals surface area contributed by atoms with Gasteiger partial charge in [0.1, 0.15) is 6.04 Å². The molecule has 0 bridgehead atoms. The number of halogens is 2. The van der Waals surface area contributed by atoms with Crippen LogP contribution >= 0.6 is 35.0 Å². The molecule has 0 aromatic heterocycles. The van der Waals surface area contributed by atoms with Crippen LogP contribution in [0.5, 0.6) is 0 Å². The number of amides is 2. The maximum Gasteiger partial charge on any atom is 0.242 e. The fourth-order valence-electron chi connectivity index (χ4n) is 4.32. The number of carbonyl (C=O) groups excluding carboxylic acids is 2. The summed E-state index contributed by atoms with van der Waals surface area (Å²) < 4.78 is 0. The predicted molar refractivity (Wildman–Crippen MR) is 139 cm³/mol. The van der Waals surface area contributed by atoms with Crippen molar-refractivity contribution in [3.05, 3.63) is 68.7 Å². The van der Waals surface area contributed by atoms with E-state index in [4.69, 9.17) is 23.2 Å². The Hall–Kier alpha value is -1.69. The van der Waals surface area contributed by atoms with Gasteiger partial charge in [-0.2, -0.15) is 0 Å². The second-order valence-corrected chi connectivity index (χ2v) is 10.7. The summed E-state index contributed by atoms with van der Waals surface area (Å²) in [6, 6.07) is 11.3. The summed E-state index contributed by atoms with van der Waals surface area (Å²) in [5.41, 5.74) is 4.28. The smallest absolute Gasteiger partial charge is 0.242 e. The second kappa shape index (κ2) is 12.1. The van der Waals surface area contributed by atoms with Crippen molar-refractivity contribution in [2.24, 2.45) is 0 Å². The number of rotatable bonds is 9. The van der Waals surface area contributed by atoms with E-state index < -0.39 is 6.04 Å². The van der Waals surface area contributed by atoms with Crippen LogP contribution in [0.2, 0.25) is 10.0 Å². The molecule has 2 amide bonds. The van der Waals surface area contributed by atoms with E-state index in [2.05, 4.69) is 37.4 Å². The van der Waals surface area contributed by atoms with Crippen molar-refractivity contribution < 1.29 is 9.59 Å². The minimum absolute atomic E-state index is 0.102. The first kappa shape index (κ1) is 25.9. The Labute approximate surface area is 211 Å². The first-order valence-electron chi connectivity index (χ1n) is 11.4. The van der Waals surface area contributed by atoms with Gasteiger partial charge in [-0.05, 0) is 51.3 Å². The van der Waals surface area contributed by atoms with Gasteiger partial charge in [-0.25, -0.2) is 0 Å². The fraction of sp³-hybridized carbons (Fsp3) is 0.462. The molecule has 178 valence electrons. The molecule has 2 aromatic rings. The highest BCUT2D eigenvalue weighted by Crippen LogP contribution is 2.27. The number of hydrogen-bond donors (Lipinski definition) is 1. The Morgan fingerprint density at radius 3 is 2.30 bits per heavy atom. The van der Waals surface area contributed by atoms with Crippen molar-refractivity contribution in [2.75, 3.05) is 5.75 Å². The van der Waals surface area contributed by atoms with Gasteiger partial charge in [-0.3, -0.25) is 9.59 Å². The average molecular weight is 508 g/mol. The first-order valence-corrected chi connectivity index (χ1v) is 13.3. The van der Waals surface area contributed by atoms with Crippen molar-refractivity contribution in [2.45, 2.75) is 70.8 Å². The standard InChI is InChI=1S/C26H32Cl2N2O2S/c1-17-11-18(2)13-20(12-17)15-33-16-25(31)30(14-22-23(27)9-6-10-24(22)28)19(3)26(32)29-21-7-4-5-8-21/h6,9-13,19,21H,4-5,7-8,14-16H2,1-3H3,(H,29,32)/t19-/m1/s1. The zero-order valence-corrected chi connectivity index (χ0v) is 21.8. The third kappa shape index (κ3) is 7.40. The summed E-state index contributed by atoms with van der Waals surface area (Å²) in [5.74, 6) is 0.778. The Bertz CT molecular complexity index is 952. The Morgan fingerprint density at radius 1 is 1.09 bits per heavy atom. The highest BCUT2D eigenvalue weighted by atomic mass is 35.5. The van der Waals surface area contributed by atoms with Gasteiger partial charge >= 0.3 is 0 Å². The molecule has 1 aliphatic carbocycles. The molecule has 0 heterocycles. The molecule has 1 atom stereocenters. The van der Waals surface area contributed by atoms with E-state index in [0.29, 0.717) is 15.6 Å². The number of hydrogen-bond acceptors (Lipinski definition) is 3. The minimum Gasteiger partial charge on any atom is -0.352 e. The number of nitrogens with one attached hydrogen (secondary N) is 1. The summed E-state index contributed by atoms with van der Waals surface area (Å²) in [6.07, 6.45) is 4.25. The van der Waals surface area contributed by atoms with Crippen LogP contribution in [0.15, 0.2) is 36.4 Å². The van der Waals surface area contributed by atoms with Crippen LogP contribution in [-0.4, -0.2) is 34.6 Å². The summed E-state index contributed by atoms with van der Waals surface area (Å²) >= 11 is 14.3. The predicted octanol–water partition coefficient (Wildman–Crippen LogP) is 6.32. The summed E-state index contributed by atoms with van der Waals surface area (Å²) in [4.78, 5) is 27.9. The van der Waals surface area contributed by atoms with Crippen molar-refractivity contribution in [1.29, 1.82) is 0 Å². The van der Waals surface area contributed by atoms with E-state index in [0.717, 1.165) is 31.4 Å². The molecular weight excluding hydrogens is 475 g/mol. The maximum atomic E-state index is 13.3. The largest absolute Gasteiger partial charge is 0.352 e. The Balaban J connectivity index is 1.71. The van der Waals surface area contributed by atoms with Crippen LogP contribution < -0.4 is 5.32 Å². The van der Waals surface area contributed by atoms with E-state index in [1.165, 1.54) is 16.7 Å². The SMILES string of the molecule is Cc1cc(C)cc(CSCC(=O)N(Cc2c(Cl)cccc2Cl)[C@H](C)C(=O)NC2CCCC2)c1. The molecule has 7 heteroatoms. The van der Waals surface area contributed by atoms with Gasteiger partial charge in [0.05, 0.1) is 5.75 Å². The fourth-order valence-corrected chi connectivity index (χ4v) is 5.68.